The van der Waals surface area contributed by atoms with Crippen molar-refractivity contribution < 1.29 is 5.11 Å². The maximum absolute atomic E-state index is 10.5. The average molecular weight is 448 g/mol. The number of aromatic hydroxyl groups is 1. The number of thioether (sulfide) groups is 1. The standard InChI is InChI=1S/C20H15Cl2N3OS2/c1-2-27-20-24-19(26)18(28-20)15(8-12-3-5-14(21)9-16(12)22)11-4-6-17-13(7-11)10-23-25-17/h3-10,26H,2H2,1H3,(H,23,25). The van der Waals surface area contributed by atoms with Crippen LogP contribution in [0.1, 0.15) is 22.9 Å². The minimum absolute atomic E-state index is 0.0181. The van der Waals surface area contributed by atoms with Crippen LogP contribution >= 0.6 is 46.3 Å². The number of hydrogen-bond donors (Lipinski definition) is 2. The van der Waals surface area contributed by atoms with Gasteiger partial charge in [-0.2, -0.15) is 10.1 Å². The first-order chi connectivity index (χ1) is 13.5. The molecule has 142 valence electrons. The Morgan fingerprint density at radius 2 is 2.11 bits per heavy atom. The van der Waals surface area contributed by atoms with Crippen molar-refractivity contribution in [3.05, 3.63) is 68.6 Å². The molecule has 2 aromatic carbocycles. The Kier molecular flexibility index (Phi) is 5.64. The highest BCUT2D eigenvalue weighted by Gasteiger charge is 2.18. The highest BCUT2D eigenvalue weighted by atomic mass is 35.5. The zero-order chi connectivity index (χ0) is 19.7. The van der Waals surface area contributed by atoms with Crippen molar-refractivity contribution in [2.24, 2.45) is 0 Å². The molecule has 0 spiro atoms. The van der Waals surface area contributed by atoms with Crippen molar-refractivity contribution in [2.75, 3.05) is 5.75 Å². The molecule has 0 radical (unpaired) electrons. The molecular weight excluding hydrogens is 433 g/mol. The summed E-state index contributed by atoms with van der Waals surface area (Å²) in [5, 5.41) is 19.7. The number of benzene rings is 2. The second-order valence-electron chi connectivity index (χ2n) is 5.96. The van der Waals surface area contributed by atoms with Crippen molar-refractivity contribution in [2.45, 2.75) is 11.3 Å². The molecule has 0 saturated heterocycles. The minimum atomic E-state index is 0.0181. The number of aromatic amines is 1. The van der Waals surface area contributed by atoms with Gasteiger partial charge in [0.2, 0.25) is 5.88 Å². The van der Waals surface area contributed by atoms with E-state index in [0.717, 1.165) is 37.7 Å². The third kappa shape index (κ3) is 3.91. The van der Waals surface area contributed by atoms with E-state index in [0.29, 0.717) is 14.9 Å². The lowest BCUT2D eigenvalue weighted by Crippen LogP contribution is -1.87. The zero-order valence-electron chi connectivity index (χ0n) is 14.7. The van der Waals surface area contributed by atoms with Crippen LogP contribution in [0, 0.1) is 0 Å². The summed E-state index contributed by atoms with van der Waals surface area (Å²) in [5.74, 6) is 0.902. The maximum atomic E-state index is 10.5. The molecule has 4 aromatic rings. The molecular formula is C20H15Cl2N3OS2. The number of hydrogen-bond acceptors (Lipinski definition) is 5. The van der Waals surface area contributed by atoms with Crippen molar-refractivity contribution in [3.63, 3.8) is 0 Å². The lowest BCUT2D eigenvalue weighted by atomic mass is 10.00. The van der Waals surface area contributed by atoms with Crippen LogP contribution in [0.5, 0.6) is 5.88 Å². The summed E-state index contributed by atoms with van der Waals surface area (Å²) < 4.78 is 0.826. The fraction of sp³-hybridized carbons (Fsp3) is 0.100. The lowest BCUT2D eigenvalue weighted by molar-refractivity contribution is 0.453. The summed E-state index contributed by atoms with van der Waals surface area (Å²) in [6, 6.07) is 11.3. The summed E-state index contributed by atoms with van der Waals surface area (Å²) in [7, 11) is 0. The molecule has 0 fully saturated rings. The van der Waals surface area contributed by atoms with E-state index in [1.165, 1.54) is 11.3 Å². The van der Waals surface area contributed by atoms with Gasteiger partial charge in [-0.05, 0) is 47.2 Å². The van der Waals surface area contributed by atoms with Crippen LogP contribution in [0.2, 0.25) is 10.0 Å². The second kappa shape index (κ2) is 8.17. The van der Waals surface area contributed by atoms with Gasteiger partial charge in [-0.3, -0.25) is 5.10 Å². The molecule has 0 amide bonds. The summed E-state index contributed by atoms with van der Waals surface area (Å²) in [5.41, 5.74) is 3.53. The number of halogens is 2. The van der Waals surface area contributed by atoms with Crippen molar-refractivity contribution in [3.8, 4) is 5.88 Å². The van der Waals surface area contributed by atoms with E-state index in [4.69, 9.17) is 23.2 Å². The number of thiazole rings is 1. The van der Waals surface area contributed by atoms with E-state index >= 15 is 0 Å². The van der Waals surface area contributed by atoms with Crippen molar-refractivity contribution in [1.82, 2.24) is 15.2 Å². The van der Waals surface area contributed by atoms with Gasteiger partial charge in [0.05, 0.1) is 16.6 Å². The third-order valence-corrected chi connectivity index (χ3v) is 6.78. The molecule has 0 saturated carbocycles. The normalized spacial score (nSPS) is 12.0. The predicted molar refractivity (Wildman–Crippen MR) is 120 cm³/mol. The van der Waals surface area contributed by atoms with E-state index < -0.39 is 0 Å². The third-order valence-electron chi connectivity index (χ3n) is 4.12. The predicted octanol–water partition coefficient (Wildman–Crippen LogP) is 6.73. The molecule has 0 bridgehead atoms. The Morgan fingerprint density at radius 1 is 1.25 bits per heavy atom. The van der Waals surface area contributed by atoms with Gasteiger partial charge >= 0.3 is 0 Å². The first-order valence-electron chi connectivity index (χ1n) is 8.48. The van der Waals surface area contributed by atoms with Gasteiger partial charge < -0.3 is 5.11 Å². The Hall–Kier alpha value is -1.99. The second-order valence-corrected chi connectivity index (χ2v) is 9.32. The zero-order valence-corrected chi connectivity index (χ0v) is 17.9. The number of fused-ring (bicyclic) bond motifs is 1. The Labute approximate surface area is 180 Å². The summed E-state index contributed by atoms with van der Waals surface area (Å²) >= 11 is 15.5. The molecule has 4 rings (SSSR count). The molecule has 0 aliphatic carbocycles. The molecule has 2 heterocycles. The minimum Gasteiger partial charge on any atom is -0.492 e. The number of nitrogens with zero attached hydrogens (tertiary/aromatic N) is 2. The van der Waals surface area contributed by atoms with Crippen molar-refractivity contribution in [1.29, 1.82) is 0 Å². The van der Waals surface area contributed by atoms with Crippen LogP contribution in [0.15, 0.2) is 46.9 Å². The van der Waals surface area contributed by atoms with Crippen LogP contribution < -0.4 is 0 Å². The fourth-order valence-corrected chi connectivity index (χ4v) is 5.25. The van der Waals surface area contributed by atoms with Crippen LogP contribution in [-0.2, 0) is 0 Å². The summed E-state index contributed by atoms with van der Waals surface area (Å²) in [4.78, 5) is 5.00. The van der Waals surface area contributed by atoms with E-state index in [9.17, 15) is 5.11 Å². The topological polar surface area (TPSA) is 61.8 Å². The van der Waals surface area contributed by atoms with Gasteiger partial charge in [0.15, 0.2) is 4.34 Å². The summed E-state index contributed by atoms with van der Waals surface area (Å²) in [6.07, 6.45) is 3.73. The van der Waals surface area contributed by atoms with Gasteiger partial charge in [0.1, 0.15) is 0 Å². The first-order valence-corrected chi connectivity index (χ1v) is 11.0. The highest BCUT2D eigenvalue weighted by Crippen LogP contribution is 2.40. The van der Waals surface area contributed by atoms with E-state index in [1.807, 2.05) is 30.3 Å². The van der Waals surface area contributed by atoms with Crippen LogP contribution in [0.4, 0.5) is 0 Å². The molecule has 28 heavy (non-hydrogen) atoms. The molecule has 0 aliphatic rings. The van der Waals surface area contributed by atoms with Gasteiger partial charge in [-0.1, -0.05) is 54.0 Å². The molecule has 8 heteroatoms. The summed E-state index contributed by atoms with van der Waals surface area (Å²) in [6.45, 7) is 2.06. The van der Waals surface area contributed by atoms with Crippen LogP contribution in [-0.4, -0.2) is 26.0 Å². The Morgan fingerprint density at radius 3 is 2.89 bits per heavy atom. The SMILES string of the molecule is CCSc1nc(O)c(C(=Cc2ccc(Cl)cc2Cl)c2ccc3[nH]ncc3c2)s1. The Bertz CT molecular complexity index is 1180. The first kappa shape index (κ1) is 19.3. The van der Waals surface area contributed by atoms with Gasteiger partial charge in [-0.25, -0.2) is 0 Å². The average Bonchev–Trinajstić information content (AvgIpc) is 3.27. The Balaban J connectivity index is 1.91. The number of H-pyrrole nitrogens is 1. The van der Waals surface area contributed by atoms with Crippen molar-refractivity contribution >= 4 is 68.9 Å². The smallest absolute Gasteiger partial charge is 0.231 e. The monoisotopic (exact) mass is 447 g/mol. The van der Waals surface area contributed by atoms with Gasteiger partial charge in [-0.15, -0.1) is 11.3 Å². The van der Waals surface area contributed by atoms with Crippen LogP contribution in [0.25, 0.3) is 22.6 Å². The lowest BCUT2D eigenvalue weighted by Gasteiger charge is -2.08. The van der Waals surface area contributed by atoms with E-state index in [1.54, 1.807) is 30.1 Å². The van der Waals surface area contributed by atoms with E-state index in [2.05, 4.69) is 22.1 Å². The number of aromatic nitrogens is 3. The van der Waals surface area contributed by atoms with Gasteiger partial charge in [0.25, 0.3) is 0 Å². The van der Waals surface area contributed by atoms with E-state index in [-0.39, 0.29) is 5.88 Å². The largest absolute Gasteiger partial charge is 0.492 e. The molecule has 2 N–H and O–H groups in total. The molecule has 0 aliphatic heterocycles. The molecule has 0 unspecified atom stereocenters. The molecule has 2 aromatic heterocycles. The molecule has 0 atom stereocenters. The quantitative estimate of drug-likeness (QED) is 0.262. The number of nitrogens with one attached hydrogen (secondary N) is 1. The van der Waals surface area contributed by atoms with Gasteiger partial charge in [0, 0.05) is 21.0 Å². The maximum Gasteiger partial charge on any atom is 0.231 e. The molecule has 4 nitrogen and oxygen atoms in total. The fourth-order valence-electron chi connectivity index (χ4n) is 2.82. The van der Waals surface area contributed by atoms with Crippen LogP contribution in [0.3, 0.4) is 0 Å². The number of rotatable bonds is 5. The highest BCUT2D eigenvalue weighted by molar-refractivity contribution is 8.01.